The molecule has 1 aliphatic rings. The van der Waals surface area contributed by atoms with E-state index in [-0.39, 0.29) is 11.4 Å². The number of carbonyl (C=O) groups excluding carboxylic acids is 1. The molecule has 1 unspecified atom stereocenters. The zero-order valence-electron chi connectivity index (χ0n) is 17.9. The Hall–Kier alpha value is -3.39. The minimum Gasteiger partial charge on any atom is -0.476 e. The first kappa shape index (κ1) is 20.9. The van der Waals surface area contributed by atoms with Gasteiger partial charge in [-0.25, -0.2) is 9.97 Å². The topological polar surface area (TPSA) is 93.1 Å². The number of carbonyl (C=O) groups is 1. The van der Waals surface area contributed by atoms with Crippen molar-refractivity contribution in [2.24, 2.45) is 0 Å². The molecule has 0 radical (unpaired) electrons. The van der Waals surface area contributed by atoms with Gasteiger partial charge in [-0.3, -0.25) is 19.7 Å². The van der Waals surface area contributed by atoms with Crippen LogP contribution in [0, 0.1) is 0 Å². The Morgan fingerprint density at radius 3 is 2.77 bits per heavy atom. The molecule has 0 saturated heterocycles. The van der Waals surface area contributed by atoms with Crippen molar-refractivity contribution in [2.75, 3.05) is 13.2 Å². The summed E-state index contributed by atoms with van der Waals surface area (Å²) in [4.78, 5) is 32.6. The molecule has 1 atom stereocenters. The smallest absolute Gasteiger partial charge is 0.242 e. The number of hydrogen-bond acceptors (Lipinski definition) is 7. The van der Waals surface area contributed by atoms with Crippen LogP contribution in [0.4, 0.5) is 0 Å². The maximum absolute atomic E-state index is 13.4. The second kappa shape index (κ2) is 8.77. The molecule has 160 valence electrons. The van der Waals surface area contributed by atoms with Crippen LogP contribution in [0.15, 0.2) is 55.4 Å². The van der Waals surface area contributed by atoms with Gasteiger partial charge < -0.3 is 10.1 Å². The molecule has 0 bridgehead atoms. The number of nitrogens with zero attached hydrogens (tertiary/aromatic N) is 5. The van der Waals surface area contributed by atoms with Crippen molar-refractivity contribution < 1.29 is 9.53 Å². The molecule has 0 fully saturated rings. The van der Waals surface area contributed by atoms with Crippen LogP contribution < -0.4 is 10.1 Å². The van der Waals surface area contributed by atoms with Crippen molar-refractivity contribution in [1.29, 1.82) is 0 Å². The van der Waals surface area contributed by atoms with E-state index >= 15 is 0 Å². The van der Waals surface area contributed by atoms with E-state index in [4.69, 9.17) is 4.74 Å². The van der Waals surface area contributed by atoms with Gasteiger partial charge in [-0.05, 0) is 26.3 Å². The summed E-state index contributed by atoms with van der Waals surface area (Å²) in [7, 11) is 0. The zero-order chi connectivity index (χ0) is 21.8. The Kier molecular flexibility index (Phi) is 5.90. The molecule has 2 aromatic heterocycles. The van der Waals surface area contributed by atoms with Crippen LogP contribution in [0.1, 0.15) is 37.9 Å². The summed E-state index contributed by atoms with van der Waals surface area (Å²) in [5, 5.41) is 3.11. The van der Waals surface area contributed by atoms with Crippen LogP contribution in [-0.4, -0.2) is 49.4 Å². The fourth-order valence-electron chi connectivity index (χ4n) is 3.70. The molecule has 3 aromatic rings. The molecule has 4 rings (SSSR count). The van der Waals surface area contributed by atoms with Gasteiger partial charge in [0.15, 0.2) is 0 Å². The van der Waals surface area contributed by atoms with E-state index in [9.17, 15) is 4.79 Å². The molecule has 31 heavy (non-hydrogen) atoms. The lowest BCUT2D eigenvalue weighted by atomic mass is 10.0. The van der Waals surface area contributed by atoms with E-state index in [0.29, 0.717) is 31.1 Å². The SMILES string of the molecule is CC(C)(C)NC(=O)C1c2cncnc2OCCN1Cc1ccccc1-c1cnccn1. The second-order valence-electron chi connectivity index (χ2n) is 8.49. The summed E-state index contributed by atoms with van der Waals surface area (Å²) >= 11 is 0. The number of ether oxygens (including phenoxy) is 1. The van der Waals surface area contributed by atoms with Crippen LogP contribution in [-0.2, 0) is 11.3 Å². The Balaban J connectivity index is 1.72. The van der Waals surface area contributed by atoms with Crippen molar-refractivity contribution in [3.63, 3.8) is 0 Å². The lowest BCUT2D eigenvalue weighted by Crippen LogP contribution is -2.47. The molecule has 3 heterocycles. The third-order valence-electron chi connectivity index (χ3n) is 4.96. The molecule has 1 aromatic carbocycles. The summed E-state index contributed by atoms with van der Waals surface area (Å²) in [5.74, 6) is 0.347. The second-order valence-corrected chi connectivity index (χ2v) is 8.49. The van der Waals surface area contributed by atoms with Crippen molar-refractivity contribution >= 4 is 5.91 Å². The van der Waals surface area contributed by atoms with Crippen LogP contribution in [0.25, 0.3) is 11.3 Å². The van der Waals surface area contributed by atoms with E-state index in [1.165, 1.54) is 6.33 Å². The average molecular weight is 419 g/mol. The molecule has 0 saturated carbocycles. The maximum atomic E-state index is 13.4. The predicted molar refractivity (Wildman–Crippen MR) is 116 cm³/mol. The van der Waals surface area contributed by atoms with Crippen molar-refractivity contribution in [3.8, 4) is 17.1 Å². The van der Waals surface area contributed by atoms with Gasteiger partial charge >= 0.3 is 0 Å². The summed E-state index contributed by atoms with van der Waals surface area (Å²) in [6, 6.07) is 7.47. The Morgan fingerprint density at radius 2 is 2.00 bits per heavy atom. The first-order chi connectivity index (χ1) is 14.9. The fraction of sp³-hybridized carbons (Fsp3) is 0.348. The number of fused-ring (bicyclic) bond motifs is 1. The van der Waals surface area contributed by atoms with E-state index in [1.807, 2.05) is 39.0 Å². The molecular formula is C23H26N6O2. The van der Waals surface area contributed by atoms with Gasteiger partial charge in [0, 0.05) is 42.8 Å². The van der Waals surface area contributed by atoms with Crippen molar-refractivity contribution in [1.82, 2.24) is 30.2 Å². The highest BCUT2D eigenvalue weighted by Crippen LogP contribution is 2.33. The highest BCUT2D eigenvalue weighted by molar-refractivity contribution is 5.84. The van der Waals surface area contributed by atoms with E-state index in [1.54, 1.807) is 24.8 Å². The summed E-state index contributed by atoms with van der Waals surface area (Å²) in [5.41, 5.74) is 3.13. The lowest BCUT2D eigenvalue weighted by molar-refractivity contribution is -0.128. The van der Waals surface area contributed by atoms with E-state index < -0.39 is 6.04 Å². The zero-order valence-corrected chi connectivity index (χ0v) is 17.9. The molecule has 1 N–H and O–H groups in total. The largest absolute Gasteiger partial charge is 0.476 e. The Labute approximate surface area is 181 Å². The number of benzene rings is 1. The first-order valence-corrected chi connectivity index (χ1v) is 10.3. The van der Waals surface area contributed by atoms with Gasteiger partial charge in [0.05, 0.1) is 17.5 Å². The van der Waals surface area contributed by atoms with Gasteiger partial charge in [-0.1, -0.05) is 24.3 Å². The number of hydrogen-bond donors (Lipinski definition) is 1. The molecule has 1 amide bonds. The monoisotopic (exact) mass is 418 g/mol. The third kappa shape index (κ3) is 4.86. The fourth-order valence-corrected chi connectivity index (χ4v) is 3.70. The van der Waals surface area contributed by atoms with Gasteiger partial charge in [0.1, 0.15) is 19.0 Å². The van der Waals surface area contributed by atoms with E-state index in [0.717, 1.165) is 16.8 Å². The number of nitrogens with one attached hydrogen (secondary N) is 1. The highest BCUT2D eigenvalue weighted by Gasteiger charge is 2.35. The molecule has 0 spiro atoms. The predicted octanol–water partition coefficient (Wildman–Crippen LogP) is 2.78. The number of aromatic nitrogens is 4. The molecule has 8 nitrogen and oxygen atoms in total. The maximum Gasteiger partial charge on any atom is 0.242 e. The average Bonchev–Trinajstić information content (AvgIpc) is 2.92. The van der Waals surface area contributed by atoms with Gasteiger partial charge in [-0.15, -0.1) is 0 Å². The van der Waals surface area contributed by atoms with Crippen molar-refractivity contribution in [2.45, 2.75) is 38.9 Å². The van der Waals surface area contributed by atoms with E-state index in [2.05, 4.69) is 36.2 Å². The number of rotatable bonds is 4. The molecule has 8 heteroatoms. The van der Waals surface area contributed by atoms with Gasteiger partial charge in [-0.2, -0.15) is 0 Å². The summed E-state index contributed by atoms with van der Waals surface area (Å²) in [6.45, 7) is 7.42. The standard InChI is InChI=1S/C23H26N6O2/c1-23(2,3)28-21(30)20-18-12-25-15-27-22(18)31-11-10-29(20)14-16-6-4-5-7-17(16)19-13-24-8-9-26-19/h4-9,12-13,15,20H,10-11,14H2,1-3H3,(H,28,30). The first-order valence-electron chi connectivity index (χ1n) is 10.3. The van der Waals surface area contributed by atoms with Gasteiger partial charge in [0.25, 0.3) is 0 Å². The highest BCUT2D eigenvalue weighted by atomic mass is 16.5. The molecule has 1 aliphatic heterocycles. The summed E-state index contributed by atoms with van der Waals surface area (Å²) < 4.78 is 5.85. The minimum absolute atomic E-state index is 0.106. The number of amides is 1. The Morgan fingerprint density at radius 1 is 1.16 bits per heavy atom. The van der Waals surface area contributed by atoms with Crippen LogP contribution in [0.3, 0.4) is 0 Å². The molecular weight excluding hydrogens is 392 g/mol. The normalized spacial score (nSPS) is 16.7. The van der Waals surface area contributed by atoms with Gasteiger partial charge in [0.2, 0.25) is 11.8 Å². The van der Waals surface area contributed by atoms with Crippen LogP contribution in [0.5, 0.6) is 5.88 Å². The van der Waals surface area contributed by atoms with Crippen molar-refractivity contribution in [3.05, 3.63) is 66.5 Å². The quantitative estimate of drug-likeness (QED) is 0.696. The minimum atomic E-state index is -0.576. The molecule has 0 aliphatic carbocycles. The van der Waals surface area contributed by atoms with Crippen LogP contribution >= 0.6 is 0 Å². The van der Waals surface area contributed by atoms with Crippen LogP contribution in [0.2, 0.25) is 0 Å². The lowest BCUT2D eigenvalue weighted by Gasteiger charge is -2.32. The summed E-state index contributed by atoms with van der Waals surface area (Å²) in [6.07, 6.45) is 8.19. The third-order valence-corrected chi connectivity index (χ3v) is 4.96. The Bertz CT molecular complexity index is 1050.